The number of fused-ring (bicyclic) bond motifs is 1. The second kappa shape index (κ2) is 2.59. The smallest absolute Gasteiger partial charge is 0.380 e. The van der Waals surface area contributed by atoms with Gasteiger partial charge >= 0.3 is 6.18 Å². The van der Waals surface area contributed by atoms with Crippen molar-refractivity contribution in [1.29, 1.82) is 0 Å². The number of carbonyl (C=O) groups is 1. The van der Waals surface area contributed by atoms with Crippen LogP contribution < -0.4 is 0 Å². The Morgan fingerprint density at radius 3 is 2.50 bits per heavy atom. The summed E-state index contributed by atoms with van der Waals surface area (Å²) < 4.78 is 41.5. The van der Waals surface area contributed by atoms with Gasteiger partial charge in [-0.15, -0.1) is 0 Å². The fourth-order valence-electron chi connectivity index (χ4n) is 1.93. The van der Waals surface area contributed by atoms with Crippen molar-refractivity contribution in [3.63, 3.8) is 0 Å². The lowest BCUT2D eigenvalue weighted by molar-refractivity contribution is -0.133. The molecule has 0 radical (unpaired) electrons. The molecule has 1 aliphatic carbocycles. The van der Waals surface area contributed by atoms with Crippen molar-refractivity contribution in [2.45, 2.75) is 12.6 Å². The van der Waals surface area contributed by atoms with Crippen LogP contribution in [0.3, 0.4) is 0 Å². The number of halogens is 3. The highest BCUT2D eigenvalue weighted by molar-refractivity contribution is 6.03. The summed E-state index contributed by atoms with van der Waals surface area (Å²) in [6.07, 6.45) is -4.09. The summed E-state index contributed by atoms with van der Waals surface area (Å²) in [6.45, 7) is 3.33. The molecule has 78 valence electrons. The number of rotatable bonds is 2. The van der Waals surface area contributed by atoms with Crippen molar-refractivity contribution in [2.24, 2.45) is 11.3 Å². The van der Waals surface area contributed by atoms with E-state index < -0.39 is 22.9 Å². The molecule has 2 rings (SSSR count). The summed E-state index contributed by atoms with van der Waals surface area (Å²) >= 11 is 0. The first kappa shape index (κ1) is 9.71. The Hall–Kier alpha value is -0.840. The van der Waals surface area contributed by atoms with Crippen LogP contribution in [0.1, 0.15) is 6.42 Å². The lowest BCUT2D eigenvalue weighted by Crippen LogP contribution is -2.28. The first-order chi connectivity index (χ1) is 6.38. The molecule has 14 heavy (non-hydrogen) atoms. The second-order valence-corrected chi connectivity index (χ2v) is 3.88. The van der Waals surface area contributed by atoms with E-state index in [1.54, 1.807) is 0 Å². The van der Waals surface area contributed by atoms with E-state index >= 15 is 0 Å². The third kappa shape index (κ3) is 1.19. The van der Waals surface area contributed by atoms with Gasteiger partial charge in [0.15, 0.2) is 5.78 Å². The van der Waals surface area contributed by atoms with Crippen molar-refractivity contribution in [3.05, 3.63) is 12.2 Å². The van der Waals surface area contributed by atoms with Gasteiger partial charge in [0, 0.05) is 0 Å². The SMILES string of the molecule is C=C(C(=O)C12COCC1C2)C(F)(F)F. The van der Waals surface area contributed by atoms with Crippen LogP contribution in [0.2, 0.25) is 0 Å². The Balaban J connectivity index is 2.14. The average Bonchev–Trinajstić information content (AvgIpc) is 2.66. The molecule has 2 nitrogen and oxygen atoms in total. The van der Waals surface area contributed by atoms with Crippen LogP contribution in [0.5, 0.6) is 0 Å². The van der Waals surface area contributed by atoms with Gasteiger partial charge in [-0.1, -0.05) is 6.58 Å². The van der Waals surface area contributed by atoms with Crippen LogP contribution in [0.25, 0.3) is 0 Å². The third-order valence-corrected chi connectivity index (χ3v) is 2.98. The van der Waals surface area contributed by atoms with E-state index in [4.69, 9.17) is 4.74 Å². The van der Waals surface area contributed by atoms with Gasteiger partial charge in [-0.3, -0.25) is 4.79 Å². The fourth-order valence-corrected chi connectivity index (χ4v) is 1.93. The molecule has 0 aromatic carbocycles. The van der Waals surface area contributed by atoms with E-state index in [0.29, 0.717) is 13.0 Å². The number of alkyl halides is 3. The first-order valence-electron chi connectivity index (χ1n) is 4.26. The van der Waals surface area contributed by atoms with Crippen molar-refractivity contribution in [1.82, 2.24) is 0 Å². The van der Waals surface area contributed by atoms with Gasteiger partial charge in [0.05, 0.1) is 24.2 Å². The van der Waals surface area contributed by atoms with Crippen LogP contribution in [0.15, 0.2) is 12.2 Å². The lowest BCUT2D eigenvalue weighted by atomic mass is 9.94. The standard InChI is InChI=1S/C9H9F3O2/c1-5(9(10,11)12)7(13)8-2-6(8)3-14-4-8/h6H,1-4H2. The zero-order valence-corrected chi connectivity index (χ0v) is 7.36. The molecule has 0 aromatic rings. The van der Waals surface area contributed by atoms with Crippen molar-refractivity contribution >= 4 is 5.78 Å². The van der Waals surface area contributed by atoms with E-state index in [0.717, 1.165) is 0 Å². The maximum atomic E-state index is 12.2. The molecule has 0 aromatic heterocycles. The Labute approximate surface area is 78.7 Å². The summed E-state index contributed by atoms with van der Waals surface area (Å²) in [5.41, 5.74) is -2.13. The second-order valence-electron chi connectivity index (χ2n) is 3.88. The molecular formula is C9H9F3O2. The zero-order chi connectivity index (χ0) is 10.6. The minimum absolute atomic E-state index is 0.0194. The fraction of sp³-hybridized carbons (Fsp3) is 0.667. The highest BCUT2D eigenvalue weighted by Crippen LogP contribution is 2.59. The summed E-state index contributed by atoms with van der Waals surface area (Å²) in [4.78, 5) is 11.5. The molecule has 5 heteroatoms. The molecule has 2 unspecified atom stereocenters. The maximum Gasteiger partial charge on any atom is 0.419 e. The minimum Gasteiger partial charge on any atom is -0.380 e. The Morgan fingerprint density at radius 2 is 2.14 bits per heavy atom. The lowest BCUT2D eigenvalue weighted by Gasteiger charge is -2.14. The quantitative estimate of drug-likeness (QED) is 0.643. The third-order valence-electron chi connectivity index (χ3n) is 2.98. The van der Waals surface area contributed by atoms with E-state index in [2.05, 4.69) is 6.58 Å². The summed E-state index contributed by atoms with van der Waals surface area (Å²) in [7, 11) is 0. The van der Waals surface area contributed by atoms with Gasteiger partial charge in [-0.25, -0.2) is 0 Å². The number of hydrogen-bond acceptors (Lipinski definition) is 2. The molecule has 1 heterocycles. The molecule has 0 spiro atoms. The molecule has 0 bridgehead atoms. The van der Waals surface area contributed by atoms with E-state index in [1.807, 2.05) is 0 Å². The van der Waals surface area contributed by atoms with Gasteiger partial charge in [0.1, 0.15) is 0 Å². The Morgan fingerprint density at radius 1 is 1.50 bits per heavy atom. The van der Waals surface area contributed by atoms with Gasteiger partial charge in [0.25, 0.3) is 0 Å². The predicted molar refractivity (Wildman–Crippen MR) is 41.6 cm³/mol. The molecule has 1 aliphatic heterocycles. The van der Waals surface area contributed by atoms with E-state index in [1.165, 1.54) is 0 Å². The summed E-state index contributed by atoms with van der Waals surface area (Å²) in [5.74, 6) is -0.901. The number of ketones is 1. The molecule has 1 saturated heterocycles. The number of allylic oxidation sites excluding steroid dienone is 1. The first-order valence-corrected chi connectivity index (χ1v) is 4.26. The monoisotopic (exact) mass is 206 g/mol. The predicted octanol–water partition coefficient (Wildman–Crippen LogP) is 1.71. The minimum atomic E-state index is -4.61. The average molecular weight is 206 g/mol. The van der Waals surface area contributed by atoms with Crippen LogP contribution in [0, 0.1) is 11.3 Å². The Kier molecular flexibility index (Phi) is 1.80. The topological polar surface area (TPSA) is 26.3 Å². The van der Waals surface area contributed by atoms with Gasteiger partial charge in [-0.2, -0.15) is 13.2 Å². The van der Waals surface area contributed by atoms with Crippen molar-refractivity contribution in [3.8, 4) is 0 Å². The van der Waals surface area contributed by atoms with E-state index in [-0.39, 0.29) is 12.5 Å². The number of Topliss-reactive ketones (excluding diaryl/α,β-unsaturated/α-hetero) is 1. The molecule has 1 saturated carbocycles. The molecule has 2 atom stereocenters. The van der Waals surface area contributed by atoms with Crippen LogP contribution in [-0.4, -0.2) is 25.2 Å². The zero-order valence-electron chi connectivity index (χ0n) is 7.36. The number of hydrogen-bond donors (Lipinski definition) is 0. The maximum absolute atomic E-state index is 12.2. The van der Waals surface area contributed by atoms with Gasteiger partial charge in [-0.05, 0) is 12.3 Å². The Bertz CT molecular complexity index is 308. The summed E-state index contributed by atoms with van der Waals surface area (Å²) in [6, 6.07) is 0. The largest absolute Gasteiger partial charge is 0.419 e. The molecular weight excluding hydrogens is 197 g/mol. The van der Waals surface area contributed by atoms with Gasteiger partial charge in [0.2, 0.25) is 0 Å². The normalized spacial score (nSPS) is 35.2. The van der Waals surface area contributed by atoms with Crippen molar-refractivity contribution < 1.29 is 22.7 Å². The van der Waals surface area contributed by atoms with Crippen LogP contribution in [0.4, 0.5) is 13.2 Å². The van der Waals surface area contributed by atoms with Crippen LogP contribution >= 0.6 is 0 Å². The molecule has 0 amide bonds. The van der Waals surface area contributed by atoms with Crippen molar-refractivity contribution in [2.75, 3.05) is 13.2 Å². The number of ether oxygens (including phenoxy) is 1. The summed E-state index contributed by atoms with van der Waals surface area (Å²) in [5, 5.41) is 0. The highest BCUT2D eigenvalue weighted by Gasteiger charge is 2.65. The van der Waals surface area contributed by atoms with E-state index in [9.17, 15) is 18.0 Å². The van der Waals surface area contributed by atoms with Gasteiger partial charge < -0.3 is 4.74 Å². The molecule has 2 fully saturated rings. The van der Waals surface area contributed by atoms with Crippen LogP contribution in [-0.2, 0) is 9.53 Å². The number of carbonyl (C=O) groups excluding carboxylic acids is 1. The molecule has 2 aliphatic rings. The molecule has 0 N–H and O–H groups in total. The highest BCUT2D eigenvalue weighted by atomic mass is 19.4.